The van der Waals surface area contributed by atoms with Crippen LogP contribution in [0.25, 0.3) is 0 Å². The maximum absolute atomic E-state index is 12.6. The smallest absolute Gasteiger partial charge is 0.249 e. The van der Waals surface area contributed by atoms with Gasteiger partial charge in [0.1, 0.15) is 12.2 Å². The molecule has 0 aliphatic heterocycles. The van der Waals surface area contributed by atoms with Crippen LogP contribution in [-0.4, -0.2) is 24.6 Å². The zero-order chi connectivity index (χ0) is 14.1. The van der Waals surface area contributed by atoms with Crippen LogP contribution < -0.4 is 10.7 Å². The van der Waals surface area contributed by atoms with E-state index < -0.39 is 11.8 Å². The number of halogens is 1. The molecule has 1 rings (SSSR count). The van der Waals surface area contributed by atoms with Gasteiger partial charge in [-0.05, 0) is 17.7 Å². The Labute approximate surface area is 110 Å². The van der Waals surface area contributed by atoms with Gasteiger partial charge in [-0.15, -0.1) is 6.58 Å². The molecule has 0 fully saturated rings. The molecule has 0 heterocycles. The van der Waals surface area contributed by atoms with Crippen LogP contribution >= 0.6 is 0 Å². The summed E-state index contributed by atoms with van der Waals surface area (Å²) in [6.07, 6.45) is 2.57. The Morgan fingerprint density at radius 1 is 1.26 bits per heavy atom. The fourth-order valence-corrected chi connectivity index (χ4v) is 1.16. The Kier molecular flexibility index (Phi) is 5.94. The maximum Gasteiger partial charge on any atom is 0.249 e. The normalized spacial score (nSPS) is 10.2. The summed E-state index contributed by atoms with van der Waals surface area (Å²) >= 11 is 0. The van der Waals surface area contributed by atoms with Gasteiger partial charge in [-0.25, -0.2) is 9.82 Å². The number of hydrogen-bond donors (Lipinski definition) is 2. The van der Waals surface area contributed by atoms with E-state index in [4.69, 9.17) is 0 Å². The number of carbonyl (C=O) groups excluding carboxylic acids is 2. The minimum Gasteiger partial charge on any atom is -0.352 e. The molecule has 19 heavy (non-hydrogen) atoms. The molecule has 5 nitrogen and oxygen atoms in total. The van der Waals surface area contributed by atoms with Gasteiger partial charge >= 0.3 is 0 Å². The zero-order valence-electron chi connectivity index (χ0n) is 10.2. The van der Waals surface area contributed by atoms with Crippen LogP contribution in [0.15, 0.2) is 42.0 Å². The molecule has 2 N–H and O–H groups in total. The van der Waals surface area contributed by atoms with Gasteiger partial charge in [0.15, 0.2) is 0 Å². The average molecular weight is 263 g/mol. The number of hydrogen-bond acceptors (Lipinski definition) is 3. The van der Waals surface area contributed by atoms with Gasteiger partial charge in [0.25, 0.3) is 0 Å². The highest BCUT2D eigenvalue weighted by atomic mass is 19.1. The van der Waals surface area contributed by atoms with Crippen molar-refractivity contribution >= 4 is 18.0 Å². The van der Waals surface area contributed by atoms with Crippen LogP contribution in [0.3, 0.4) is 0 Å². The summed E-state index contributed by atoms with van der Waals surface area (Å²) in [4.78, 5) is 22.5. The molecule has 0 radical (unpaired) electrons. The Morgan fingerprint density at radius 2 is 1.95 bits per heavy atom. The van der Waals surface area contributed by atoms with Crippen molar-refractivity contribution in [3.8, 4) is 0 Å². The Hall–Kier alpha value is -2.50. The van der Waals surface area contributed by atoms with E-state index in [0.717, 1.165) is 0 Å². The van der Waals surface area contributed by atoms with E-state index in [1.807, 2.05) is 0 Å². The highest BCUT2D eigenvalue weighted by molar-refractivity contribution is 5.97. The summed E-state index contributed by atoms with van der Waals surface area (Å²) in [5, 5.41) is 6.12. The summed E-state index contributed by atoms with van der Waals surface area (Å²) < 4.78 is 12.6. The maximum atomic E-state index is 12.6. The first-order valence-electron chi connectivity index (χ1n) is 5.57. The number of carbonyl (C=O) groups is 2. The molecule has 0 spiro atoms. The van der Waals surface area contributed by atoms with Gasteiger partial charge in [0.05, 0.1) is 6.21 Å². The SMILES string of the molecule is C=CCNC(=O)CC(=O)N/N=C\c1ccc(F)cc1. The van der Waals surface area contributed by atoms with Gasteiger partial charge in [-0.3, -0.25) is 9.59 Å². The third-order valence-corrected chi connectivity index (χ3v) is 2.04. The Balaban J connectivity index is 2.35. The lowest BCUT2D eigenvalue weighted by Gasteiger charge is -2.00. The fourth-order valence-electron chi connectivity index (χ4n) is 1.16. The van der Waals surface area contributed by atoms with E-state index in [9.17, 15) is 14.0 Å². The molecule has 0 aliphatic carbocycles. The lowest BCUT2D eigenvalue weighted by atomic mass is 10.2. The molecule has 0 unspecified atom stereocenters. The minimum absolute atomic E-state index is 0.310. The topological polar surface area (TPSA) is 70.6 Å². The molecule has 0 atom stereocenters. The molecular weight excluding hydrogens is 249 g/mol. The zero-order valence-corrected chi connectivity index (χ0v) is 10.2. The molecule has 6 heteroatoms. The molecular formula is C13H14FN3O2. The van der Waals surface area contributed by atoms with Crippen molar-refractivity contribution in [1.82, 2.24) is 10.7 Å². The van der Waals surface area contributed by atoms with Gasteiger partial charge in [0, 0.05) is 6.54 Å². The van der Waals surface area contributed by atoms with Gasteiger partial charge < -0.3 is 5.32 Å². The predicted octanol–water partition coefficient (Wildman–Crippen LogP) is 0.968. The summed E-state index contributed by atoms with van der Waals surface area (Å²) in [5.41, 5.74) is 2.84. The van der Waals surface area contributed by atoms with E-state index in [2.05, 4.69) is 22.4 Å². The lowest BCUT2D eigenvalue weighted by Crippen LogP contribution is -2.29. The number of amides is 2. The van der Waals surface area contributed by atoms with Crippen LogP contribution in [0.2, 0.25) is 0 Å². The number of nitrogens with one attached hydrogen (secondary N) is 2. The molecule has 0 bridgehead atoms. The molecule has 1 aromatic carbocycles. The Bertz CT molecular complexity index is 483. The van der Waals surface area contributed by atoms with Gasteiger partial charge in [0.2, 0.25) is 11.8 Å². The quantitative estimate of drug-likeness (QED) is 0.347. The van der Waals surface area contributed by atoms with Crippen LogP contribution in [0.5, 0.6) is 0 Å². The van der Waals surface area contributed by atoms with E-state index in [1.165, 1.54) is 36.6 Å². The standard InChI is InChI=1S/C13H14FN3O2/c1-2-7-15-12(18)8-13(19)17-16-9-10-3-5-11(14)6-4-10/h2-6,9H,1,7-8H2,(H,15,18)(H,17,19)/b16-9-. The van der Waals surface area contributed by atoms with Crippen molar-refractivity contribution < 1.29 is 14.0 Å². The van der Waals surface area contributed by atoms with Crippen LogP contribution in [0, 0.1) is 5.82 Å². The molecule has 0 saturated heterocycles. The largest absolute Gasteiger partial charge is 0.352 e. The Morgan fingerprint density at radius 3 is 2.58 bits per heavy atom. The third-order valence-electron chi connectivity index (χ3n) is 2.04. The van der Waals surface area contributed by atoms with Crippen molar-refractivity contribution in [2.45, 2.75) is 6.42 Å². The average Bonchev–Trinajstić information content (AvgIpc) is 2.38. The first-order valence-corrected chi connectivity index (χ1v) is 5.57. The summed E-state index contributed by atoms with van der Waals surface area (Å²) in [6.45, 7) is 3.75. The monoisotopic (exact) mass is 263 g/mol. The number of nitrogens with zero attached hydrogens (tertiary/aromatic N) is 1. The van der Waals surface area contributed by atoms with Gasteiger partial charge in [-0.1, -0.05) is 18.2 Å². The summed E-state index contributed by atoms with van der Waals surface area (Å²) in [6, 6.07) is 5.60. The van der Waals surface area contributed by atoms with Crippen molar-refractivity contribution in [2.75, 3.05) is 6.54 Å². The molecule has 0 aromatic heterocycles. The highest BCUT2D eigenvalue weighted by Gasteiger charge is 2.06. The molecule has 100 valence electrons. The van der Waals surface area contributed by atoms with Crippen molar-refractivity contribution in [3.05, 3.63) is 48.3 Å². The lowest BCUT2D eigenvalue weighted by molar-refractivity contribution is -0.129. The van der Waals surface area contributed by atoms with Crippen molar-refractivity contribution in [2.24, 2.45) is 5.10 Å². The first kappa shape index (κ1) is 14.6. The van der Waals surface area contributed by atoms with E-state index >= 15 is 0 Å². The summed E-state index contributed by atoms with van der Waals surface area (Å²) in [5.74, 6) is -1.28. The van der Waals surface area contributed by atoms with Crippen molar-refractivity contribution in [1.29, 1.82) is 0 Å². The predicted molar refractivity (Wildman–Crippen MR) is 70.0 cm³/mol. The molecule has 0 saturated carbocycles. The van der Waals surface area contributed by atoms with E-state index in [1.54, 1.807) is 0 Å². The third kappa shape index (κ3) is 6.11. The fraction of sp³-hybridized carbons (Fsp3) is 0.154. The number of rotatable bonds is 6. The second-order valence-electron chi connectivity index (χ2n) is 3.61. The molecule has 1 aromatic rings. The number of hydrazone groups is 1. The van der Waals surface area contributed by atoms with Gasteiger partial charge in [-0.2, -0.15) is 5.10 Å². The van der Waals surface area contributed by atoms with E-state index in [0.29, 0.717) is 12.1 Å². The van der Waals surface area contributed by atoms with Crippen LogP contribution in [-0.2, 0) is 9.59 Å². The first-order chi connectivity index (χ1) is 9.11. The summed E-state index contributed by atoms with van der Waals surface area (Å²) in [7, 11) is 0. The van der Waals surface area contributed by atoms with Crippen molar-refractivity contribution in [3.63, 3.8) is 0 Å². The second-order valence-corrected chi connectivity index (χ2v) is 3.61. The number of benzene rings is 1. The molecule has 2 amide bonds. The van der Waals surface area contributed by atoms with E-state index in [-0.39, 0.29) is 12.2 Å². The highest BCUT2D eigenvalue weighted by Crippen LogP contribution is 1.99. The van der Waals surface area contributed by atoms with Crippen LogP contribution in [0.4, 0.5) is 4.39 Å². The second kappa shape index (κ2) is 7.75. The molecule has 0 aliphatic rings. The minimum atomic E-state index is -0.528. The van der Waals surface area contributed by atoms with Crippen LogP contribution in [0.1, 0.15) is 12.0 Å².